The molecule has 0 aliphatic carbocycles. The van der Waals surface area contributed by atoms with Crippen molar-refractivity contribution in [3.8, 4) is 0 Å². The normalized spacial score (nSPS) is 15.3. The van der Waals surface area contributed by atoms with Crippen LogP contribution in [-0.4, -0.2) is 40.8 Å². The smallest absolute Gasteiger partial charge is 0.269 e. The van der Waals surface area contributed by atoms with E-state index in [1.807, 2.05) is 25.1 Å². The molecular weight excluding hydrogens is 366 g/mol. The number of hydrogen-bond acceptors (Lipinski definition) is 3. The molecule has 140 valence electrons. The largest absolute Gasteiger partial charge is 0.472 e. The summed E-state index contributed by atoms with van der Waals surface area (Å²) < 4.78 is 4.97. The fraction of sp³-hybridized carbons (Fsp3) is 0.300. The molecule has 0 spiro atoms. The van der Waals surface area contributed by atoms with Gasteiger partial charge in [-0.2, -0.15) is 0 Å². The zero-order valence-corrected chi connectivity index (χ0v) is 15.7. The van der Waals surface area contributed by atoms with Crippen molar-refractivity contribution in [2.45, 2.75) is 25.8 Å². The number of aryl methyl sites for hydroxylation is 1. The Morgan fingerprint density at radius 3 is 2.74 bits per heavy atom. The zero-order chi connectivity index (χ0) is 19.0. The average Bonchev–Trinajstić information content (AvgIpc) is 3.31. The van der Waals surface area contributed by atoms with Crippen LogP contribution in [-0.2, 0) is 0 Å². The first-order valence-corrected chi connectivity index (χ1v) is 9.31. The Balaban J connectivity index is 1.40. The van der Waals surface area contributed by atoms with Crippen LogP contribution in [0.3, 0.4) is 0 Å². The molecule has 6 nitrogen and oxygen atoms in total. The predicted molar refractivity (Wildman–Crippen MR) is 103 cm³/mol. The summed E-state index contributed by atoms with van der Waals surface area (Å²) in [5, 5.41) is 4.33. The van der Waals surface area contributed by atoms with Crippen molar-refractivity contribution in [3.05, 3.63) is 58.6 Å². The molecule has 0 radical (unpaired) electrons. The number of piperidine rings is 1. The van der Waals surface area contributed by atoms with Gasteiger partial charge in [0.15, 0.2) is 0 Å². The molecule has 4 rings (SSSR count). The van der Waals surface area contributed by atoms with Crippen LogP contribution in [0.15, 0.2) is 41.2 Å². The van der Waals surface area contributed by atoms with Crippen molar-refractivity contribution in [1.82, 2.24) is 15.2 Å². The monoisotopic (exact) mass is 385 g/mol. The first kappa shape index (κ1) is 17.7. The first-order valence-electron chi connectivity index (χ1n) is 8.93. The molecule has 1 aliphatic heterocycles. The second kappa shape index (κ2) is 7.12. The Bertz CT molecular complexity index is 985. The van der Waals surface area contributed by atoms with Gasteiger partial charge in [0.1, 0.15) is 12.0 Å². The number of furan rings is 1. The number of carbonyl (C=O) groups excluding carboxylic acids is 2. The number of likely N-dealkylation sites (tertiary alicyclic amines) is 1. The standard InChI is InChI=1S/C20H20ClN3O3/c1-12-2-3-16-15(10-12)17(21)18(23-16)19(25)22-14-4-7-24(8-5-14)20(26)13-6-9-27-11-13/h2-3,6,9-11,14,23H,4-5,7-8H2,1H3,(H,22,25). The van der Waals surface area contributed by atoms with Gasteiger partial charge in [0.2, 0.25) is 0 Å². The van der Waals surface area contributed by atoms with Crippen molar-refractivity contribution >= 4 is 34.3 Å². The molecule has 1 fully saturated rings. The molecule has 2 amide bonds. The molecule has 1 saturated heterocycles. The van der Waals surface area contributed by atoms with Gasteiger partial charge in [-0.25, -0.2) is 0 Å². The van der Waals surface area contributed by atoms with Crippen LogP contribution in [0.1, 0.15) is 39.3 Å². The number of nitrogens with zero attached hydrogens (tertiary/aromatic N) is 1. The lowest BCUT2D eigenvalue weighted by Crippen LogP contribution is -2.46. The van der Waals surface area contributed by atoms with Gasteiger partial charge in [-0.15, -0.1) is 0 Å². The first-order chi connectivity index (χ1) is 13.0. The van der Waals surface area contributed by atoms with Gasteiger partial charge in [0, 0.05) is 30.0 Å². The number of benzene rings is 1. The molecule has 2 aromatic heterocycles. The maximum absolute atomic E-state index is 12.7. The molecule has 3 heterocycles. The summed E-state index contributed by atoms with van der Waals surface area (Å²) in [5.41, 5.74) is 2.87. The lowest BCUT2D eigenvalue weighted by Gasteiger charge is -2.32. The maximum atomic E-state index is 12.7. The molecule has 0 bridgehead atoms. The Kier molecular flexibility index (Phi) is 4.66. The summed E-state index contributed by atoms with van der Waals surface area (Å²) in [5.74, 6) is -0.254. The van der Waals surface area contributed by atoms with Gasteiger partial charge in [-0.1, -0.05) is 23.2 Å². The van der Waals surface area contributed by atoms with E-state index in [0.29, 0.717) is 42.2 Å². The lowest BCUT2D eigenvalue weighted by atomic mass is 10.0. The fourth-order valence-corrected chi connectivity index (χ4v) is 3.77. The molecule has 1 aliphatic rings. The average molecular weight is 386 g/mol. The number of rotatable bonds is 3. The van der Waals surface area contributed by atoms with E-state index in [2.05, 4.69) is 10.3 Å². The third-order valence-electron chi connectivity index (χ3n) is 5.00. The second-order valence-electron chi connectivity index (χ2n) is 6.91. The van der Waals surface area contributed by atoms with Crippen LogP contribution in [0.5, 0.6) is 0 Å². The van der Waals surface area contributed by atoms with Crippen LogP contribution >= 0.6 is 11.6 Å². The summed E-state index contributed by atoms with van der Waals surface area (Å²) in [7, 11) is 0. The molecule has 2 N–H and O–H groups in total. The van der Waals surface area contributed by atoms with Crippen molar-refractivity contribution in [3.63, 3.8) is 0 Å². The SMILES string of the molecule is Cc1ccc2[nH]c(C(=O)NC3CCN(C(=O)c4ccoc4)CC3)c(Cl)c2c1. The highest BCUT2D eigenvalue weighted by Crippen LogP contribution is 2.28. The molecule has 27 heavy (non-hydrogen) atoms. The Hall–Kier alpha value is -2.73. The Labute approximate surface area is 161 Å². The number of fused-ring (bicyclic) bond motifs is 1. The fourth-order valence-electron chi connectivity index (χ4n) is 3.48. The summed E-state index contributed by atoms with van der Waals surface area (Å²) >= 11 is 6.41. The van der Waals surface area contributed by atoms with Gasteiger partial charge in [-0.05, 0) is 38.0 Å². The number of nitrogens with one attached hydrogen (secondary N) is 2. The number of halogens is 1. The number of H-pyrrole nitrogens is 1. The summed E-state index contributed by atoms with van der Waals surface area (Å²) in [6.07, 6.45) is 4.35. The minimum atomic E-state index is -0.214. The van der Waals surface area contributed by atoms with E-state index in [9.17, 15) is 9.59 Å². The molecule has 1 aromatic carbocycles. The van der Waals surface area contributed by atoms with Crippen LogP contribution in [0.4, 0.5) is 0 Å². The number of hydrogen-bond donors (Lipinski definition) is 2. The van der Waals surface area contributed by atoms with Gasteiger partial charge < -0.3 is 19.6 Å². The maximum Gasteiger partial charge on any atom is 0.269 e. The van der Waals surface area contributed by atoms with Crippen LogP contribution in [0, 0.1) is 6.92 Å². The quantitative estimate of drug-likeness (QED) is 0.720. The highest BCUT2D eigenvalue weighted by molar-refractivity contribution is 6.38. The number of amides is 2. The van der Waals surface area contributed by atoms with E-state index in [4.69, 9.17) is 16.0 Å². The van der Waals surface area contributed by atoms with Gasteiger partial charge in [-0.3, -0.25) is 9.59 Å². The third kappa shape index (κ3) is 3.45. The van der Waals surface area contributed by atoms with E-state index in [1.54, 1.807) is 11.0 Å². The molecular formula is C20H20ClN3O3. The van der Waals surface area contributed by atoms with E-state index < -0.39 is 0 Å². The summed E-state index contributed by atoms with van der Waals surface area (Å²) in [6, 6.07) is 7.53. The lowest BCUT2D eigenvalue weighted by molar-refractivity contribution is 0.0697. The molecule has 0 atom stereocenters. The van der Waals surface area contributed by atoms with Crippen LogP contribution in [0.25, 0.3) is 10.9 Å². The van der Waals surface area contributed by atoms with Crippen LogP contribution in [0.2, 0.25) is 5.02 Å². The molecule has 7 heteroatoms. The van der Waals surface area contributed by atoms with Gasteiger partial charge in [0.05, 0.1) is 16.8 Å². The van der Waals surface area contributed by atoms with E-state index >= 15 is 0 Å². The van der Waals surface area contributed by atoms with Crippen molar-refractivity contribution in [2.24, 2.45) is 0 Å². The minimum Gasteiger partial charge on any atom is -0.472 e. The molecule has 0 unspecified atom stereocenters. The molecule has 3 aromatic rings. The van der Waals surface area contributed by atoms with E-state index in [1.165, 1.54) is 12.5 Å². The highest BCUT2D eigenvalue weighted by Gasteiger charge is 2.26. The van der Waals surface area contributed by atoms with Crippen molar-refractivity contribution < 1.29 is 14.0 Å². The third-order valence-corrected chi connectivity index (χ3v) is 5.40. The number of carbonyl (C=O) groups is 2. The van der Waals surface area contributed by atoms with Gasteiger partial charge >= 0.3 is 0 Å². The number of aromatic amines is 1. The summed E-state index contributed by atoms with van der Waals surface area (Å²) in [6.45, 7) is 3.17. The van der Waals surface area contributed by atoms with Crippen molar-refractivity contribution in [2.75, 3.05) is 13.1 Å². The van der Waals surface area contributed by atoms with Gasteiger partial charge in [0.25, 0.3) is 11.8 Å². The highest BCUT2D eigenvalue weighted by atomic mass is 35.5. The molecule has 0 saturated carbocycles. The van der Waals surface area contributed by atoms with Crippen molar-refractivity contribution in [1.29, 1.82) is 0 Å². The predicted octanol–water partition coefficient (Wildman–Crippen LogP) is 3.76. The summed E-state index contributed by atoms with van der Waals surface area (Å²) in [4.78, 5) is 29.9. The topological polar surface area (TPSA) is 78.3 Å². The van der Waals surface area contributed by atoms with E-state index in [0.717, 1.165) is 16.5 Å². The number of aromatic nitrogens is 1. The Morgan fingerprint density at radius 2 is 2.04 bits per heavy atom. The Morgan fingerprint density at radius 1 is 1.26 bits per heavy atom. The van der Waals surface area contributed by atoms with E-state index in [-0.39, 0.29) is 17.9 Å². The zero-order valence-electron chi connectivity index (χ0n) is 14.9. The minimum absolute atomic E-state index is 0.00937. The van der Waals surface area contributed by atoms with Crippen LogP contribution < -0.4 is 5.32 Å². The second-order valence-corrected chi connectivity index (χ2v) is 7.29.